The first kappa shape index (κ1) is 10.4. The molecule has 5 heteroatoms. The van der Waals surface area contributed by atoms with Gasteiger partial charge in [-0.1, -0.05) is 0 Å². The lowest BCUT2D eigenvalue weighted by Crippen LogP contribution is -2.66. The molecule has 1 aliphatic heterocycles. The van der Waals surface area contributed by atoms with Crippen molar-refractivity contribution in [1.29, 1.82) is 0 Å². The van der Waals surface area contributed by atoms with Gasteiger partial charge >= 0.3 is 17.1 Å². The molecule has 0 amide bonds. The maximum absolute atomic E-state index is 5.83. The zero-order valence-electron chi connectivity index (χ0n) is 8.35. The summed E-state index contributed by atoms with van der Waals surface area (Å²) >= 11 is 0. The first-order valence-corrected chi connectivity index (χ1v) is 9.56. The van der Waals surface area contributed by atoms with Crippen molar-refractivity contribution < 1.29 is 13.0 Å². The summed E-state index contributed by atoms with van der Waals surface area (Å²) in [6, 6.07) is 0. The zero-order valence-corrected chi connectivity index (χ0v) is 10.3. The van der Waals surface area contributed by atoms with Crippen molar-refractivity contribution in [2.45, 2.75) is 32.6 Å². The smallest absolute Gasteiger partial charge is 0.328 e. The molecule has 1 aliphatic rings. The summed E-state index contributed by atoms with van der Waals surface area (Å²) in [6.07, 6.45) is 0. The van der Waals surface area contributed by atoms with Gasteiger partial charge in [-0.2, -0.15) is 0 Å². The molecule has 1 fully saturated rings. The molecule has 1 saturated heterocycles. The summed E-state index contributed by atoms with van der Waals surface area (Å²) in [6.45, 7) is 9.78. The molecule has 0 aliphatic carbocycles. The van der Waals surface area contributed by atoms with E-state index in [4.69, 9.17) is 13.0 Å². The van der Waals surface area contributed by atoms with E-state index in [1.54, 1.807) is 0 Å². The molecule has 3 nitrogen and oxygen atoms in total. The van der Waals surface area contributed by atoms with Crippen molar-refractivity contribution in [1.82, 2.24) is 0 Å². The van der Waals surface area contributed by atoms with Gasteiger partial charge in [0, 0.05) is 18.9 Å². The molecule has 0 saturated carbocycles. The Morgan fingerprint density at radius 2 is 1.42 bits per heavy atom. The molecule has 72 valence electrons. The van der Waals surface area contributed by atoms with Gasteiger partial charge < -0.3 is 13.0 Å². The average molecular weight is 206 g/mol. The van der Waals surface area contributed by atoms with Crippen molar-refractivity contribution in [3.8, 4) is 0 Å². The highest BCUT2D eigenvalue weighted by Crippen LogP contribution is 2.36. The first-order chi connectivity index (χ1) is 5.54. The van der Waals surface area contributed by atoms with Crippen LogP contribution < -0.4 is 0 Å². The molecular formula is C7H18O3Si2. The third-order valence-corrected chi connectivity index (χ3v) is 12.4. The highest BCUT2D eigenvalue weighted by molar-refractivity contribution is 6.97. The monoisotopic (exact) mass is 206 g/mol. The number of hydrogen-bond donors (Lipinski definition) is 0. The van der Waals surface area contributed by atoms with E-state index in [-0.39, 0.29) is 0 Å². The normalized spacial score (nSPS) is 41.0. The van der Waals surface area contributed by atoms with Crippen molar-refractivity contribution in [2.75, 3.05) is 13.2 Å². The van der Waals surface area contributed by atoms with Crippen LogP contribution in [-0.4, -0.2) is 30.3 Å². The fourth-order valence-electron chi connectivity index (χ4n) is 1.80. The second-order valence-electron chi connectivity index (χ2n) is 3.41. The minimum atomic E-state index is -1.73. The van der Waals surface area contributed by atoms with Crippen LogP contribution in [0.2, 0.25) is 18.8 Å². The van der Waals surface area contributed by atoms with Gasteiger partial charge in [-0.15, -0.1) is 0 Å². The third-order valence-electron chi connectivity index (χ3n) is 1.97. The van der Waals surface area contributed by atoms with Crippen LogP contribution in [0.1, 0.15) is 13.8 Å². The van der Waals surface area contributed by atoms with Gasteiger partial charge in [0.1, 0.15) is 0 Å². The highest BCUT2D eigenvalue weighted by atomic mass is 28.5. The van der Waals surface area contributed by atoms with Gasteiger partial charge in [0.25, 0.3) is 0 Å². The van der Waals surface area contributed by atoms with Gasteiger partial charge in [-0.05, 0) is 26.9 Å². The predicted molar refractivity (Wildman–Crippen MR) is 52.4 cm³/mol. The summed E-state index contributed by atoms with van der Waals surface area (Å²) in [5.74, 6) is 0. The number of hydrogen-bond acceptors (Lipinski definition) is 3. The van der Waals surface area contributed by atoms with Gasteiger partial charge in [-0.25, -0.2) is 0 Å². The summed E-state index contributed by atoms with van der Waals surface area (Å²) < 4.78 is 17.0. The van der Waals surface area contributed by atoms with E-state index < -0.39 is 17.1 Å². The van der Waals surface area contributed by atoms with E-state index in [9.17, 15) is 0 Å². The second kappa shape index (κ2) is 3.59. The SMILES string of the molecule is CCO[Si]1(C)C[Si](C)(OCC)O1. The van der Waals surface area contributed by atoms with E-state index in [0.717, 1.165) is 18.9 Å². The quantitative estimate of drug-likeness (QED) is 0.656. The maximum atomic E-state index is 5.83. The van der Waals surface area contributed by atoms with Crippen molar-refractivity contribution in [3.63, 3.8) is 0 Å². The fourth-order valence-corrected chi connectivity index (χ4v) is 12.6. The van der Waals surface area contributed by atoms with Gasteiger partial charge in [-0.3, -0.25) is 0 Å². The Morgan fingerprint density at radius 1 is 1.08 bits per heavy atom. The van der Waals surface area contributed by atoms with E-state index in [2.05, 4.69) is 13.1 Å². The molecule has 0 aromatic rings. The lowest BCUT2D eigenvalue weighted by Gasteiger charge is -2.47. The third kappa shape index (κ3) is 2.17. The molecule has 0 N–H and O–H groups in total. The minimum absolute atomic E-state index is 0.763. The Labute approximate surface area is 76.5 Å². The number of rotatable bonds is 4. The van der Waals surface area contributed by atoms with Gasteiger partial charge in [0.05, 0.1) is 0 Å². The Hall–Kier alpha value is 0.314. The molecule has 2 atom stereocenters. The van der Waals surface area contributed by atoms with Crippen molar-refractivity contribution in [2.24, 2.45) is 0 Å². The van der Waals surface area contributed by atoms with Gasteiger partial charge in [0.15, 0.2) is 0 Å². The average Bonchev–Trinajstić information content (AvgIpc) is 1.84. The second-order valence-corrected chi connectivity index (χ2v) is 10.8. The molecule has 2 unspecified atom stereocenters. The van der Waals surface area contributed by atoms with E-state index in [0.29, 0.717) is 0 Å². The zero-order chi connectivity index (χ0) is 9.24. The van der Waals surface area contributed by atoms with Crippen LogP contribution in [0.15, 0.2) is 0 Å². The topological polar surface area (TPSA) is 27.7 Å². The largest absolute Gasteiger partial charge is 0.415 e. The summed E-state index contributed by atoms with van der Waals surface area (Å²) in [5.41, 5.74) is 1.08. The molecule has 0 bridgehead atoms. The van der Waals surface area contributed by atoms with E-state index >= 15 is 0 Å². The van der Waals surface area contributed by atoms with Crippen LogP contribution >= 0.6 is 0 Å². The standard InChI is InChI=1S/C7H18O3Si2/c1-5-8-11(3)7-12(4,10-11)9-6-2/h5-7H2,1-4H3. The van der Waals surface area contributed by atoms with Gasteiger partial charge in [0.2, 0.25) is 0 Å². The van der Waals surface area contributed by atoms with Crippen molar-refractivity contribution >= 4 is 17.1 Å². The van der Waals surface area contributed by atoms with Crippen LogP contribution in [0.5, 0.6) is 0 Å². The molecule has 0 aromatic heterocycles. The van der Waals surface area contributed by atoms with E-state index in [1.165, 1.54) is 0 Å². The fraction of sp³-hybridized carbons (Fsp3) is 1.00. The maximum Gasteiger partial charge on any atom is 0.328 e. The summed E-state index contributed by atoms with van der Waals surface area (Å²) in [5, 5.41) is 0. The van der Waals surface area contributed by atoms with Crippen LogP contribution in [0, 0.1) is 0 Å². The van der Waals surface area contributed by atoms with Crippen molar-refractivity contribution in [3.05, 3.63) is 0 Å². The first-order valence-electron chi connectivity index (χ1n) is 4.52. The summed E-state index contributed by atoms with van der Waals surface area (Å²) in [7, 11) is -3.47. The molecule has 0 radical (unpaired) electrons. The summed E-state index contributed by atoms with van der Waals surface area (Å²) in [4.78, 5) is 0. The molecule has 0 aromatic carbocycles. The lowest BCUT2D eigenvalue weighted by atomic mass is 10.9. The Kier molecular flexibility index (Phi) is 3.11. The highest BCUT2D eigenvalue weighted by Gasteiger charge is 2.58. The molecule has 1 rings (SSSR count). The molecule has 0 spiro atoms. The van der Waals surface area contributed by atoms with Crippen LogP contribution in [0.4, 0.5) is 0 Å². The molecule has 1 heterocycles. The van der Waals surface area contributed by atoms with Crippen LogP contribution in [0.25, 0.3) is 0 Å². The Balaban J connectivity index is 2.34. The van der Waals surface area contributed by atoms with Crippen LogP contribution in [0.3, 0.4) is 0 Å². The molecular weight excluding hydrogens is 188 g/mol. The Bertz CT molecular complexity index is 141. The minimum Gasteiger partial charge on any atom is -0.415 e. The predicted octanol–water partition coefficient (Wildman–Crippen LogP) is 1.77. The van der Waals surface area contributed by atoms with Crippen LogP contribution in [-0.2, 0) is 13.0 Å². The Morgan fingerprint density at radius 3 is 1.67 bits per heavy atom. The van der Waals surface area contributed by atoms with E-state index in [1.807, 2.05) is 13.8 Å². The lowest BCUT2D eigenvalue weighted by molar-refractivity contribution is 0.171. The molecule has 12 heavy (non-hydrogen) atoms.